The second-order valence-electron chi connectivity index (χ2n) is 8.18. The van der Waals surface area contributed by atoms with E-state index in [2.05, 4.69) is 49.9 Å². The number of pyridine rings is 1. The van der Waals surface area contributed by atoms with Crippen LogP contribution in [0.2, 0.25) is 0 Å². The third-order valence-electron chi connectivity index (χ3n) is 6.10. The van der Waals surface area contributed by atoms with Gasteiger partial charge in [-0.25, -0.2) is 4.98 Å². The lowest BCUT2D eigenvalue weighted by Crippen LogP contribution is -2.47. The molecular formula is C25H28N2O. The number of aryl methyl sites for hydroxylation is 1. The Morgan fingerprint density at radius 3 is 2.29 bits per heavy atom. The number of para-hydroxylation sites is 1. The van der Waals surface area contributed by atoms with E-state index in [0.29, 0.717) is 0 Å². The Kier molecular flexibility index (Phi) is 4.92. The lowest BCUT2D eigenvalue weighted by atomic mass is 9.92. The van der Waals surface area contributed by atoms with E-state index < -0.39 is 0 Å². The summed E-state index contributed by atoms with van der Waals surface area (Å²) >= 11 is 0. The molecule has 3 aromatic rings. The largest absolute Gasteiger partial charge is 0.333 e. The number of nitrogens with zero attached hydrogens (tertiary/aromatic N) is 2. The normalized spacial score (nSPS) is 19.8. The van der Waals surface area contributed by atoms with Gasteiger partial charge < -0.3 is 4.90 Å². The number of benzene rings is 2. The number of aromatic nitrogens is 1. The molecule has 2 atom stereocenters. The quantitative estimate of drug-likeness (QED) is 0.559. The number of hydrogen-bond acceptors (Lipinski definition) is 2. The van der Waals surface area contributed by atoms with Crippen LogP contribution < -0.4 is 0 Å². The highest BCUT2D eigenvalue weighted by Gasteiger charge is 2.32. The number of carbonyl (C=O) groups is 1. The summed E-state index contributed by atoms with van der Waals surface area (Å²) in [5.74, 6) is 0.143. The summed E-state index contributed by atoms with van der Waals surface area (Å²) < 4.78 is 0. The van der Waals surface area contributed by atoms with Gasteiger partial charge in [0, 0.05) is 23.0 Å². The molecule has 1 aliphatic rings. The van der Waals surface area contributed by atoms with Crippen LogP contribution in [0.25, 0.3) is 22.2 Å². The SMILES string of the molecule is Cc1ccc(-c2nc3ccccc3c(C(=O)N3C(C)CCCC3C)c2C)cc1. The highest BCUT2D eigenvalue weighted by molar-refractivity contribution is 6.09. The first-order chi connectivity index (χ1) is 13.5. The summed E-state index contributed by atoms with van der Waals surface area (Å²) in [6.45, 7) is 8.47. The number of rotatable bonds is 2. The molecule has 1 amide bonds. The molecule has 0 bridgehead atoms. The molecule has 28 heavy (non-hydrogen) atoms. The maximum Gasteiger partial charge on any atom is 0.255 e. The van der Waals surface area contributed by atoms with Crippen molar-refractivity contribution in [2.24, 2.45) is 0 Å². The molecule has 144 valence electrons. The van der Waals surface area contributed by atoms with Gasteiger partial charge in [-0.1, -0.05) is 48.0 Å². The van der Waals surface area contributed by atoms with Gasteiger partial charge in [0.25, 0.3) is 5.91 Å². The monoisotopic (exact) mass is 372 g/mol. The number of likely N-dealkylation sites (tertiary alicyclic amines) is 1. The molecule has 1 fully saturated rings. The van der Waals surface area contributed by atoms with Crippen LogP contribution in [0.4, 0.5) is 0 Å². The van der Waals surface area contributed by atoms with E-state index in [1.54, 1.807) is 0 Å². The van der Waals surface area contributed by atoms with E-state index in [4.69, 9.17) is 4.98 Å². The van der Waals surface area contributed by atoms with Crippen LogP contribution in [0.3, 0.4) is 0 Å². The van der Waals surface area contributed by atoms with Crippen LogP contribution in [0.1, 0.15) is 54.6 Å². The number of piperidine rings is 1. The fourth-order valence-corrected chi connectivity index (χ4v) is 4.53. The smallest absolute Gasteiger partial charge is 0.255 e. The fraction of sp³-hybridized carbons (Fsp3) is 0.360. The Labute approximate surface area is 167 Å². The van der Waals surface area contributed by atoms with Crippen LogP contribution in [0, 0.1) is 13.8 Å². The van der Waals surface area contributed by atoms with Crippen LogP contribution in [-0.2, 0) is 0 Å². The number of hydrogen-bond donors (Lipinski definition) is 0. The first kappa shape index (κ1) is 18.7. The van der Waals surface area contributed by atoms with Crippen molar-refractivity contribution in [3.63, 3.8) is 0 Å². The van der Waals surface area contributed by atoms with Crippen LogP contribution >= 0.6 is 0 Å². The summed E-state index contributed by atoms with van der Waals surface area (Å²) in [5.41, 5.74) is 5.83. The van der Waals surface area contributed by atoms with Crippen molar-refractivity contribution < 1.29 is 4.79 Å². The molecule has 1 saturated heterocycles. The minimum absolute atomic E-state index is 0.143. The Morgan fingerprint density at radius 2 is 1.61 bits per heavy atom. The number of amides is 1. The Balaban J connectivity index is 1.92. The van der Waals surface area contributed by atoms with Crippen LogP contribution in [0.5, 0.6) is 0 Å². The topological polar surface area (TPSA) is 33.2 Å². The summed E-state index contributed by atoms with van der Waals surface area (Å²) in [4.78, 5) is 20.8. The Morgan fingerprint density at radius 1 is 0.964 bits per heavy atom. The average molecular weight is 373 g/mol. The highest BCUT2D eigenvalue weighted by atomic mass is 16.2. The molecule has 0 aliphatic carbocycles. The highest BCUT2D eigenvalue weighted by Crippen LogP contribution is 2.33. The first-order valence-corrected chi connectivity index (χ1v) is 10.3. The van der Waals surface area contributed by atoms with E-state index in [0.717, 1.165) is 46.1 Å². The third-order valence-corrected chi connectivity index (χ3v) is 6.10. The molecule has 4 rings (SSSR count). The van der Waals surface area contributed by atoms with Gasteiger partial charge in [0.2, 0.25) is 0 Å². The minimum atomic E-state index is 0.143. The predicted octanol–water partition coefficient (Wildman–Crippen LogP) is 5.92. The second-order valence-corrected chi connectivity index (χ2v) is 8.18. The standard InChI is InChI=1S/C25H28N2O/c1-16-12-14-20(15-13-16)24-19(4)23(21-10-5-6-11-22(21)26-24)25(28)27-17(2)8-7-9-18(27)3/h5-6,10-15,17-18H,7-9H2,1-4H3. The van der Waals surface area contributed by atoms with Crippen LogP contribution in [-0.4, -0.2) is 27.9 Å². The number of fused-ring (bicyclic) bond motifs is 1. The molecule has 1 aliphatic heterocycles. The predicted molar refractivity (Wildman–Crippen MR) is 116 cm³/mol. The van der Waals surface area contributed by atoms with Gasteiger partial charge in [-0.2, -0.15) is 0 Å². The maximum atomic E-state index is 13.8. The van der Waals surface area contributed by atoms with Crippen molar-refractivity contribution in [2.75, 3.05) is 0 Å². The van der Waals surface area contributed by atoms with Gasteiger partial charge in [-0.3, -0.25) is 4.79 Å². The Hall–Kier alpha value is -2.68. The molecule has 3 heteroatoms. The van der Waals surface area contributed by atoms with E-state index in [1.165, 1.54) is 12.0 Å². The minimum Gasteiger partial charge on any atom is -0.333 e. The van der Waals surface area contributed by atoms with E-state index in [1.807, 2.05) is 31.2 Å². The van der Waals surface area contributed by atoms with Crippen LogP contribution in [0.15, 0.2) is 48.5 Å². The van der Waals surface area contributed by atoms with Crippen molar-refractivity contribution in [3.8, 4) is 11.3 Å². The zero-order chi connectivity index (χ0) is 19.8. The third kappa shape index (κ3) is 3.19. The summed E-state index contributed by atoms with van der Waals surface area (Å²) in [6.07, 6.45) is 3.34. The Bertz CT molecular complexity index is 1010. The molecule has 1 aromatic heterocycles. The van der Waals surface area contributed by atoms with Crippen molar-refractivity contribution in [3.05, 3.63) is 65.2 Å². The van der Waals surface area contributed by atoms with Gasteiger partial charge in [0.15, 0.2) is 0 Å². The van der Waals surface area contributed by atoms with Gasteiger partial charge in [-0.15, -0.1) is 0 Å². The lowest BCUT2D eigenvalue weighted by molar-refractivity contribution is 0.0512. The molecule has 2 heterocycles. The van der Waals surface area contributed by atoms with E-state index in [9.17, 15) is 4.79 Å². The molecule has 0 N–H and O–H groups in total. The van der Waals surface area contributed by atoms with Gasteiger partial charge in [-0.05, 0) is 58.6 Å². The molecule has 2 unspecified atom stereocenters. The van der Waals surface area contributed by atoms with Crippen molar-refractivity contribution >= 4 is 16.8 Å². The molecule has 0 radical (unpaired) electrons. The lowest BCUT2D eigenvalue weighted by Gasteiger charge is -2.39. The van der Waals surface area contributed by atoms with Gasteiger partial charge >= 0.3 is 0 Å². The maximum absolute atomic E-state index is 13.8. The van der Waals surface area contributed by atoms with Crippen molar-refractivity contribution in [1.29, 1.82) is 0 Å². The van der Waals surface area contributed by atoms with Gasteiger partial charge in [0.05, 0.1) is 16.8 Å². The summed E-state index contributed by atoms with van der Waals surface area (Å²) in [6, 6.07) is 16.9. The summed E-state index contributed by atoms with van der Waals surface area (Å²) in [7, 11) is 0. The second kappa shape index (κ2) is 7.38. The van der Waals surface area contributed by atoms with Crippen molar-refractivity contribution in [1.82, 2.24) is 9.88 Å². The fourth-order valence-electron chi connectivity index (χ4n) is 4.53. The molecular weight excluding hydrogens is 344 g/mol. The van der Waals surface area contributed by atoms with Gasteiger partial charge in [0.1, 0.15) is 0 Å². The van der Waals surface area contributed by atoms with E-state index >= 15 is 0 Å². The number of carbonyl (C=O) groups excluding carboxylic acids is 1. The average Bonchev–Trinajstić information content (AvgIpc) is 2.68. The molecule has 3 nitrogen and oxygen atoms in total. The first-order valence-electron chi connectivity index (χ1n) is 10.3. The summed E-state index contributed by atoms with van der Waals surface area (Å²) in [5, 5.41) is 0.950. The van der Waals surface area contributed by atoms with Crippen molar-refractivity contribution in [2.45, 2.75) is 59.0 Å². The van der Waals surface area contributed by atoms with E-state index in [-0.39, 0.29) is 18.0 Å². The molecule has 0 spiro atoms. The zero-order valence-electron chi connectivity index (χ0n) is 17.2. The molecule has 0 saturated carbocycles. The zero-order valence-corrected chi connectivity index (χ0v) is 17.2. The molecule has 2 aromatic carbocycles.